The molecule has 0 fully saturated rings. The minimum absolute atomic E-state index is 0.851. The summed E-state index contributed by atoms with van der Waals surface area (Å²) in [6.45, 7) is 4.86. The van der Waals surface area contributed by atoms with Crippen molar-refractivity contribution in [2.45, 2.75) is 20.0 Å². The first-order valence-corrected chi connectivity index (χ1v) is 7.08. The maximum atomic E-state index is 5.41. The predicted molar refractivity (Wildman–Crippen MR) is 79.2 cm³/mol. The molecule has 0 bridgehead atoms. The zero-order chi connectivity index (χ0) is 13.7. The third kappa shape index (κ3) is 3.85. The minimum atomic E-state index is 0.851. The molecule has 0 aliphatic carbocycles. The third-order valence-corrected chi connectivity index (χ3v) is 3.56. The van der Waals surface area contributed by atoms with E-state index in [4.69, 9.17) is 9.15 Å². The number of rotatable bonds is 6. The van der Waals surface area contributed by atoms with E-state index in [0.717, 1.165) is 29.9 Å². The van der Waals surface area contributed by atoms with Gasteiger partial charge in [-0.1, -0.05) is 22.9 Å². The van der Waals surface area contributed by atoms with Gasteiger partial charge in [0, 0.05) is 28.7 Å². The van der Waals surface area contributed by atoms with Crippen LogP contribution in [0.2, 0.25) is 0 Å². The smallest absolute Gasteiger partial charge is 0.123 e. The zero-order valence-electron chi connectivity index (χ0n) is 11.2. The van der Waals surface area contributed by atoms with Crippen LogP contribution in [0.1, 0.15) is 18.1 Å². The summed E-state index contributed by atoms with van der Waals surface area (Å²) in [4.78, 5) is 2.34. The van der Waals surface area contributed by atoms with E-state index in [1.807, 2.05) is 18.2 Å². The fourth-order valence-electron chi connectivity index (χ4n) is 2.03. The number of benzene rings is 1. The summed E-state index contributed by atoms with van der Waals surface area (Å²) in [7, 11) is 1.71. The highest BCUT2D eigenvalue weighted by Gasteiger charge is 2.10. The molecule has 0 amide bonds. The molecule has 2 rings (SSSR count). The van der Waals surface area contributed by atoms with Gasteiger partial charge in [-0.2, -0.15) is 0 Å². The van der Waals surface area contributed by atoms with Crippen LogP contribution in [-0.2, 0) is 13.1 Å². The number of hydrogen-bond donors (Lipinski definition) is 0. The molecule has 0 saturated carbocycles. The molecule has 0 saturated heterocycles. The molecule has 1 aromatic heterocycles. The number of ether oxygens (including phenoxy) is 1. The summed E-state index contributed by atoms with van der Waals surface area (Å²) in [5.41, 5.74) is 2.37. The van der Waals surface area contributed by atoms with Crippen LogP contribution in [-0.4, -0.2) is 18.6 Å². The Balaban J connectivity index is 2.11. The van der Waals surface area contributed by atoms with E-state index in [-0.39, 0.29) is 0 Å². The van der Waals surface area contributed by atoms with Crippen LogP contribution in [0.5, 0.6) is 5.75 Å². The molecule has 0 unspecified atom stereocenters. The quantitative estimate of drug-likeness (QED) is 0.801. The SMILES string of the molecule is CCN(Cc1ccoc1)Cc1cc(Br)ccc1OC. The maximum Gasteiger partial charge on any atom is 0.123 e. The van der Waals surface area contributed by atoms with Gasteiger partial charge in [-0.05, 0) is 30.8 Å². The largest absolute Gasteiger partial charge is 0.496 e. The van der Waals surface area contributed by atoms with Gasteiger partial charge in [0.2, 0.25) is 0 Å². The Hall–Kier alpha value is -1.26. The van der Waals surface area contributed by atoms with E-state index in [0.29, 0.717) is 0 Å². The average Bonchev–Trinajstić information content (AvgIpc) is 2.91. The maximum absolute atomic E-state index is 5.41. The standard InChI is InChI=1S/C15H18BrNO2/c1-3-17(9-12-6-7-19-11-12)10-13-8-14(16)4-5-15(13)18-2/h4-8,11H,3,9-10H2,1-2H3. The molecule has 102 valence electrons. The number of furan rings is 1. The van der Waals surface area contributed by atoms with Gasteiger partial charge in [0.15, 0.2) is 0 Å². The first-order valence-electron chi connectivity index (χ1n) is 6.28. The second-order valence-electron chi connectivity index (χ2n) is 4.39. The van der Waals surface area contributed by atoms with Crippen molar-refractivity contribution in [1.29, 1.82) is 0 Å². The molecule has 0 aliphatic rings. The van der Waals surface area contributed by atoms with Crippen LogP contribution in [0.25, 0.3) is 0 Å². The Labute approximate surface area is 122 Å². The number of nitrogens with zero attached hydrogens (tertiary/aromatic N) is 1. The van der Waals surface area contributed by atoms with Gasteiger partial charge in [-0.3, -0.25) is 4.90 Å². The van der Waals surface area contributed by atoms with E-state index < -0.39 is 0 Å². The van der Waals surface area contributed by atoms with Crippen LogP contribution < -0.4 is 4.74 Å². The van der Waals surface area contributed by atoms with Gasteiger partial charge >= 0.3 is 0 Å². The highest BCUT2D eigenvalue weighted by atomic mass is 79.9. The summed E-state index contributed by atoms with van der Waals surface area (Å²) in [6.07, 6.45) is 3.50. The van der Waals surface area contributed by atoms with Crippen LogP contribution in [0, 0.1) is 0 Å². The molecular formula is C15H18BrNO2. The fourth-order valence-corrected chi connectivity index (χ4v) is 2.44. The van der Waals surface area contributed by atoms with Gasteiger partial charge in [0.25, 0.3) is 0 Å². The molecule has 0 aliphatic heterocycles. The fraction of sp³-hybridized carbons (Fsp3) is 0.333. The van der Waals surface area contributed by atoms with Crippen molar-refractivity contribution in [2.24, 2.45) is 0 Å². The number of halogens is 1. The molecule has 2 aromatic rings. The van der Waals surface area contributed by atoms with Gasteiger partial charge in [-0.25, -0.2) is 0 Å². The Kier molecular flexibility index (Phi) is 5.05. The van der Waals surface area contributed by atoms with Crippen molar-refractivity contribution in [3.63, 3.8) is 0 Å². The molecular weight excluding hydrogens is 306 g/mol. The molecule has 0 atom stereocenters. The Bertz CT molecular complexity index is 511. The van der Waals surface area contributed by atoms with E-state index in [2.05, 4.69) is 33.8 Å². The van der Waals surface area contributed by atoms with Crippen LogP contribution in [0.3, 0.4) is 0 Å². The molecule has 0 radical (unpaired) electrons. The third-order valence-electron chi connectivity index (χ3n) is 3.07. The lowest BCUT2D eigenvalue weighted by Gasteiger charge is -2.21. The van der Waals surface area contributed by atoms with Gasteiger partial charge in [-0.15, -0.1) is 0 Å². The molecule has 4 heteroatoms. The van der Waals surface area contributed by atoms with E-state index >= 15 is 0 Å². The van der Waals surface area contributed by atoms with Gasteiger partial charge in [0.05, 0.1) is 19.6 Å². The monoisotopic (exact) mass is 323 g/mol. The first kappa shape index (κ1) is 14.2. The highest BCUT2D eigenvalue weighted by Crippen LogP contribution is 2.24. The average molecular weight is 324 g/mol. The highest BCUT2D eigenvalue weighted by molar-refractivity contribution is 9.10. The lowest BCUT2D eigenvalue weighted by Crippen LogP contribution is -2.22. The van der Waals surface area contributed by atoms with Gasteiger partial charge in [0.1, 0.15) is 5.75 Å². The molecule has 3 nitrogen and oxygen atoms in total. The summed E-state index contributed by atoms with van der Waals surface area (Å²) in [6, 6.07) is 8.09. The van der Waals surface area contributed by atoms with E-state index in [1.54, 1.807) is 19.6 Å². The summed E-state index contributed by atoms with van der Waals surface area (Å²) in [5.74, 6) is 0.925. The van der Waals surface area contributed by atoms with Gasteiger partial charge < -0.3 is 9.15 Å². The predicted octanol–water partition coefficient (Wildman–Crippen LogP) is 4.07. The minimum Gasteiger partial charge on any atom is -0.496 e. The number of methoxy groups -OCH3 is 1. The summed E-state index contributed by atoms with van der Waals surface area (Å²) in [5, 5.41) is 0. The Morgan fingerprint density at radius 1 is 1.26 bits per heavy atom. The van der Waals surface area contributed by atoms with Crippen molar-refractivity contribution in [1.82, 2.24) is 4.90 Å². The lowest BCUT2D eigenvalue weighted by molar-refractivity contribution is 0.265. The first-order chi connectivity index (χ1) is 9.22. The molecule has 1 heterocycles. The number of hydrogen-bond acceptors (Lipinski definition) is 3. The second kappa shape index (κ2) is 6.78. The zero-order valence-corrected chi connectivity index (χ0v) is 12.8. The van der Waals surface area contributed by atoms with Crippen LogP contribution in [0.15, 0.2) is 45.7 Å². The Morgan fingerprint density at radius 2 is 2.11 bits per heavy atom. The molecule has 19 heavy (non-hydrogen) atoms. The molecule has 0 spiro atoms. The van der Waals surface area contributed by atoms with Crippen LogP contribution >= 0.6 is 15.9 Å². The van der Waals surface area contributed by atoms with Crippen molar-refractivity contribution in [2.75, 3.05) is 13.7 Å². The summed E-state index contributed by atoms with van der Waals surface area (Å²) >= 11 is 3.51. The Morgan fingerprint density at radius 3 is 2.74 bits per heavy atom. The van der Waals surface area contributed by atoms with Crippen molar-refractivity contribution >= 4 is 15.9 Å². The van der Waals surface area contributed by atoms with Crippen LogP contribution in [0.4, 0.5) is 0 Å². The van der Waals surface area contributed by atoms with E-state index in [9.17, 15) is 0 Å². The normalized spacial score (nSPS) is 10.9. The second-order valence-corrected chi connectivity index (χ2v) is 5.31. The lowest BCUT2D eigenvalue weighted by atomic mass is 10.1. The molecule has 1 aromatic carbocycles. The summed E-state index contributed by atoms with van der Waals surface area (Å²) < 4.78 is 11.6. The van der Waals surface area contributed by atoms with Crippen molar-refractivity contribution in [3.8, 4) is 5.75 Å². The molecule has 0 N–H and O–H groups in total. The van der Waals surface area contributed by atoms with E-state index in [1.165, 1.54) is 11.1 Å². The van der Waals surface area contributed by atoms with Crippen molar-refractivity contribution < 1.29 is 9.15 Å². The topological polar surface area (TPSA) is 25.6 Å². The van der Waals surface area contributed by atoms with Crippen molar-refractivity contribution in [3.05, 3.63) is 52.4 Å².